The standard InChI is InChI=1S/C15H26N2O2/c1-4-16-14(9-13-5-7-18-11-13)15-10-17(12(2)3)6-8-19-15/h5,7,11-12,14-16H,4,6,8-10H2,1-3H3. The largest absolute Gasteiger partial charge is 0.472 e. The molecule has 2 atom stereocenters. The lowest BCUT2D eigenvalue weighted by atomic mass is 10.0. The van der Waals surface area contributed by atoms with Crippen LogP contribution in [0.5, 0.6) is 0 Å². The molecular formula is C15H26N2O2. The summed E-state index contributed by atoms with van der Waals surface area (Å²) in [6.45, 7) is 10.5. The van der Waals surface area contributed by atoms with E-state index in [1.807, 2.05) is 12.3 Å². The zero-order chi connectivity index (χ0) is 13.7. The van der Waals surface area contributed by atoms with Crippen molar-refractivity contribution in [1.82, 2.24) is 10.2 Å². The van der Waals surface area contributed by atoms with Crippen molar-refractivity contribution in [3.8, 4) is 0 Å². The highest BCUT2D eigenvalue weighted by molar-refractivity contribution is 5.08. The molecule has 1 aromatic heterocycles. The predicted octanol–water partition coefficient (Wildman–Crippen LogP) is 1.91. The Labute approximate surface area is 116 Å². The molecule has 1 aliphatic heterocycles. The number of rotatable bonds is 6. The van der Waals surface area contributed by atoms with Gasteiger partial charge in [-0.15, -0.1) is 0 Å². The molecular weight excluding hydrogens is 240 g/mol. The molecule has 0 bridgehead atoms. The first kappa shape index (κ1) is 14.6. The second kappa shape index (κ2) is 7.08. The van der Waals surface area contributed by atoms with Crippen molar-refractivity contribution in [1.29, 1.82) is 0 Å². The Bertz CT molecular complexity index is 351. The molecule has 0 spiro atoms. The minimum Gasteiger partial charge on any atom is -0.472 e. The van der Waals surface area contributed by atoms with Crippen LogP contribution in [-0.2, 0) is 11.2 Å². The number of ether oxygens (including phenoxy) is 1. The average Bonchev–Trinajstić information content (AvgIpc) is 2.91. The Morgan fingerprint density at radius 3 is 2.95 bits per heavy atom. The normalized spacial score (nSPS) is 22.8. The lowest BCUT2D eigenvalue weighted by Gasteiger charge is -2.39. The number of hydrogen-bond acceptors (Lipinski definition) is 4. The van der Waals surface area contributed by atoms with Gasteiger partial charge < -0.3 is 14.5 Å². The Morgan fingerprint density at radius 1 is 1.47 bits per heavy atom. The first-order valence-corrected chi connectivity index (χ1v) is 7.30. The van der Waals surface area contributed by atoms with E-state index in [0.717, 1.165) is 32.7 Å². The summed E-state index contributed by atoms with van der Waals surface area (Å²) in [7, 11) is 0. The number of nitrogens with zero attached hydrogens (tertiary/aromatic N) is 1. The molecule has 4 nitrogen and oxygen atoms in total. The minimum atomic E-state index is 0.256. The molecule has 2 unspecified atom stereocenters. The van der Waals surface area contributed by atoms with Gasteiger partial charge in [0.05, 0.1) is 25.2 Å². The van der Waals surface area contributed by atoms with Crippen molar-refractivity contribution < 1.29 is 9.15 Å². The molecule has 1 N–H and O–H groups in total. The zero-order valence-corrected chi connectivity index (χ0v) is 12.3. The topological polar surface area (TPSA) is 37.6 Å². The van der Waals surface area contributed by atoms with Crippen LogP contribution in [0.1, 0.15) is 26.3 Å². The summed E-state index contributed by atoms with van der Waals surface area (Å²) in [5.74, 6) is 0. The first-order valence-electron chi connectivity index (χ1n) is 7.30. The Kier molecular flexibility index (Phi) is 5.43. The van der Waals surface area contributed by atoms with Crippen molar-refractivity contribution >= 4 is 0 Å². The fourth-order valence-corrected chi connectivity index (χ4v) is 2.67. The van der Waals surface area contributed by atoms with E-state index < -0.39 is 0 Å². The molecule has 0 saturated carbocycles. The highest BCUT2D eigenvalue weighted by atomic mass is 16.5. The van der Waals surface area contributed by atoms with Gasteiger partial charge in [0, 0.05) is 25.2 Å². The molecule has 0 aliphatic carbocycles. The van der Waals surface area contributed by atoms with Crippen LogP contribution >= 0.6 is 0 Å². The molecule has 1 aliphatic rings. The Hall–Kier alpha value is -0.840. The molecule has 2 rings (SSSR count). The summed E-state index contributed by atoms with van der Waals surface area (Å²) in [6.07, 6.45) is 4.78. The summed E-state index contributed by atoms with van der Waals surface area (Å²) in [5, 5.41) is 3.56. The van der Waals surface area contributed by atoms with Gasteiger partial charge in [0.2, 0.25) is 0 Å². The number of hydrogen-bond donors (Lipinski definition) is 1. The number of morpholine rings is 1. The van der Waals surface area contributed by atoms with E-state index in [4.69, 9.17) is 9.15 Å². The molecule has 4 heteroatoms. The van der Waals surface area contributed by atoms with E-state index >= 15 is 0 Å². The molecule has 0 radical (unpaired) electrons. The van der Waals surface area contributed by atoms with Crippen LogP contribution in [0.15, 0.2) is 23.0 Å². The third-order valence-electron chi connectivity index (χ3n) is 3.81. The van der Waals surface area contributed by atoms with Crippen LogP contribution in [0.25, 0.3) is 0 Å². The van der Waals surface area contributed by atoms with Gasteiger partial charge >= 0.3 is 0 Å². The van der Waals surface area contributed by atoms with Crippen LogP contribution in [0.4, 0.5) is 0 Å². The van der Waals surface area contributed by atoms with Gasteiger partial charge in [-0.25, -0.2) is 0 Å². The van der Waals surface area contributed by atoms with Gasteiger partial charge in [-0.3, -0.25) is 4.90 Å². The summed E-state index contributed by atoms with van der Waals surface area (Å²) in [5.41, 5.74) is 1.23. The number of likely N-dealkylation sites (N-methyl/N-ethyl adjacent to an activating group) is 1. The predicted molar refractivity (Wildman–Crippen MR) is 76.3 cm³/mol. The Balaban J connectivity index is 1.97. The van der Waals surface area contributed by atoms with E-state index in [1.165, 1.54) is 5.56 Å². The molecule has 0 aromatic carbocycles. The van der Waals surface area contributed by atoms with Gasteiger partial charge in [-0.05, 0) is 38.4 Å². The number of nitrogens with one attached hydrogen (secondary N) is 1. The highest BCUT2D eigenvalue weighted by Gasteiger charge is 2.28. The maximum absolute atomic E-state index is 5.99. The van der Waals surface area contributed by atoms with Gasteiger partial charge in [-0.1, -0.05) is 6.92 Å². The maximum Gasteiger partial charge on any atom is 0.0935 e. The second-order valence-electron chi connectivity index (χ2n) is 5.50. The van der Waals surface area contributed by atoms with Gasteiger partial charge in [-0.2, -0.15) is 0 Å². The quantitative estimate of drug-likeness (QED) is 0.853. The highest BCUT2D eigenvalue weighted by Crippen LogP contribution is 2.15. The van der Waals surface area contributed by atoms with Crippen molar-refractivity contribution in [3.63, 3.8) is 0 Å². The SMILES string of the molecule is CCNC(Cc1ccoc1)C1CN(C(C)C)CCO1. The fraction of sp³-hybridized carbons (Fsp3) is 0.733. The fourth-order valence-electron chi connectivity index (χ4n) is 2.67. The molecule has 1 fully saturated rings. The Morgan fingerprint density at radius 2 is 2.32 bits per heavy atom. The molecule has 19 heavy (non-hydrogen) atoms. The van der Waals surface area contributed by atoms with Crippen LogP contribution in [0, 0.1) is 0 Å². The zero-order valence-electron chi connectivity index (χ0n) is 12.3. The second-order valence-corrected chi connectivity index (χ2v) is 5.50. The first-order chi connectivity index (χ1) is 9.20. The smallest absolute Gasteiger partial charge is 0.0935 e. The van der Waals surface area contributed by atoms with Crippen LogP contribution in [0.2, 0.25) is 0 Å². The third kappa shape index (κ3) is 4.06. The van der Waals surface area contributed by atoms with Crippen molar-refractivity contribution in [2.75, 3.05) is 26.2 Å². The summed E-state index contributed by atoms with van der Waals surface area (Å²) in [4.78, 5) is 2.49. The van der Waals surface area contributed by atoms with E-state index in [-0.39, 0.29) is 6.10 Å². The van der Waals surface area contributed by atoms with Crippen LogP contribution < -0.4 is 5.32 Å². The summed E-state index contributed by atoms with van der Waals surface area (Å²) < 4.78 is 11.1. The lowest BCUT2D eigenvalue weighted by molar-refractivity contribution is -0.0550. The maximum atomic E-state index is 5.99. The minimum absolute atomic E-state index is 0.256. The van der Waals surface area contributed by atoms with Crippen LogP contribution in [-0.4, -0.2) is 49.3 Å². The van der Waals surface area contributed by atoms with Gasteiger partial charge in [0.25, 0.3) is 0 Å². The van der Waals surface area contributed by atoms with E-state index in [9.17, 15) is 0 Å². The molecule has 0 amide bonds. The molecule has 2 heterocycles. The van der Waals surface area contributed by atoms with E-state index in [0.29, 0.717) is 12.1 Å². The lowest BCUT2D eigenvalue weighted by Crippen LogP contribution is -2.54. The monoisotopic (exact) mass is 266 g/mol. The molecule has 108 valence electrons. The van der Waals surface area contributed by atoms with Gasteiger partial charge in [0.15, 0.2) is 0 Å². The summed E-state index contributed by atoms with van der Waals surface area (Å²) >= 11 is 0. The van der Waals surface area contributed by atoms with Crippen molar-refractivity contribution in [3.05, 3.63) is 24.2 Å². The molecule has 1 saturated heterocycles. The van der Waals surface area contributed by atoms with Gasteiger partial charge in [0.1, 0.15) is 0 Å². The third-order valence-corrected chi connectivity index (χ3v) is 3.81. The summed E-state index contributed by atoms with van der Waals surface area (Å²) in [6, 6.07) is 2.97. The van der Waals surface area contributed by atoms with Crippen LogP contribution in [0.3, 0.4) is 0 Å². The number of furan rings is 1. The average molecular weight is 266 g/mol. The van der Waals surface area contributed by atoms with Crippen molar-refractivity contribution in [2.45, 2.75) is 45.4 Å². The van der Waals surface area contributed by atoms with E-state index in [2.05, 4.69) is 31.0 Å². The van der Waals surface area contributed by atoms with Crippen molar-refractivity contribution in [2.24, 2.45) is 0 Å². The molecule has 1 aromatic rings. The van der Waals surface area contributed by atoms with E-state index in [1.54, 1.807) is 6.26 Å².